The first-order chi connectivity index (χ1) is 18.0. The first-order valence-corrected chi connectivity index (χ1v) is 11.9. The molecular weight excluding hydrogens is 492 g/mol. The highest BCUT2D eigenvalue weighted by Gasteiger charge is 2.37. The first-order valence-electron chi connectivity index (χ1n) is 11.5. The molecule has 0 saturated carbocycles. The highest BCUT2D eigenvalue weighted by Crippen LogP contribution is 2.42. The van der Waals surface area contributed by atoms with Crippen molar-refractivity contribution in [3.63, 3.8) is 0 Å². The van der Waals surface area contributed by atoms with Crippen molar-refractivity contribution >= 4 is 28.2 Å². The Kier molecular flexibility index (Phi) is 4.72. The number of imidazole rings is 1. The molecule has 10 heteroatoms. The van der Waals surface area contributed by atoms with Crippen molar-refractivity contribution in [2.75, 3.05) is 6.79 Å². The van der Waals surface area contributed by atoms with Gasteiger partial charge in [-0.25, -0.2) is 4.98 Å². The summed E-state index contributed by atoms with van der Waals surface area (Å²) in [7, 11) is 1.85. The van der Waals surface area contributed by atoms with Crippen LogP contribution in [-0.2, 0) is 12.6 Å². The summed E-state index contributed by atoms with van der Waals surface area (Å²) in [5, 5.41) is 26.1. The molecule has 1 aliphatic heterocycles. The van der Waals surface area contributed by atoms with Crippen LogP contribution in [0.4, 0.5) is 0 Å². The quantitative estimate of drug-likeness (QED) is 0.376. The molecule has 37 heavy (non-hydrogen) atoms. The van der Waals surface area contributed by atoms with Crippen molar-refractivity contribution in [1.82, 2.24) is 29.6 Å². The zero-order valence-electron chi connectivity index (χ0n) is 19.5. The number of benzene rings is 3. The van der Waals surface area contributed by atoms with E-state index < -0.39 is 5.60 Å². The zero-order valence-corrected chi connectivity index (χ0v) is 20.3. The second-order valence-electron chi connectivity index (χ2n) is 8.91. The number of aliphatic hydroxyl groups is 1. The number of hydrogen-bond donors (Lipinski definition) is 1. The summed E-state index contributed by atoms with van der Waals surface area (Å²) >= 11 is 6.18. The number of rotatable bonds is 4. The van der Waals surface area contributed by atoms with E-state index in [-0.39, 0.29) is 6.79 Å². The van der Waals surface area contributed by atoms with Gasteiger partial charge in [-0.1, -0.05) is 35.9 Å². The smallest absolute Gasteiger partial charge is 0.231 e. The van der Waals surface area contributed by atoms with Gasteiger partial charge >= 0.3 is 0 Å². The summed E-state index contributed by atoms with van der Waals surface area (Å²) in [5.74, 6) is 1.38. The highest BCUT2D eigenvalue weighted by molar-refractivity contribution is 6.30. The summed E-state index contributed by atoms with van der Waals surface area (Å²) < 4.78 is 14.6. The Morgan fingerprint density at radius 3 is 2.57 bits per heavy atom. The Morgan fingerprint density at radius 1 is 0.946 bits per heavy atom. The maximum atomic E-state index is 12.4. The van der Waals surface area contributed by atoms with E-state index in [1.165, 1.54) is 0 Å². The van der Waals surface area contributed by atoms with Crippen LogP contribution < -0.4 is 9.47 Å². The molecule has 0 amide bonds. The standard InChI is InChI=1S/C27H19ClN6O3/c1-33-14-29-13-25(33)27(35,17-3-6-19(28)7-4-17)18-5-8-22-21(11-18)20(12-26-30-31-32-34(22)26)16-2-9-23-24(10-16)37-15-36-23/h2-14,35H,15H2,1H3. The predicted octanol–water partition coefficient (Wildman–Crippen LogP) is 4.34. The minimum atomic E-state index is -1.51. The molecule has 3 aromatic heterocycles. The van der Waals surface area contributed by atoms with Gasteiger partial charge in [-0.3, -0.25) is 0 Å². The Labute approximate surface area is 215 Å². The van der Waals surface area contributed by atoms with Crippen molar-refractivity contribution < 1.29 is 14.6 Å². The third kappa shape index (κ3) is 3.28. The fraction of sp³-hybridized carbons (Fsp3) is 0.111. The zero-order chi connectivity index (χ0) is 25.1. The molecule has 6 aromatic rings. The second-order valence-corrected chi connectivity index (χ2v) is 9.35. The lowest BCUT2D eigenvalue weighted by molar-refractivity contribution is 0.117. The van der Waals surface area contributed by atoms with E-state index in [1.807, 2.05) is 66.2 Å². The minimum Gasteiger partial charge on any atom is -0.454 e. The molecule has 1 unspecified atom stereocenters. The van der Waals surface area contributed by atoms with E-state index in [0.29, 0.717) is 39.0 Å². The molecule has 1 atom stereocenters. The maximum Gasteiger partial charge on any atom is 0.231 e. The molecule has 182 valence electrons. The number of tetrazole rings is 1. The predicted molar refractivity (Wildman–Crippen MR) is 137 cm³/mol. The Morgan fingerprint density at radius 2 is 1.76 bits per heavy atom. The molecule has 9 nitrogen and oxygen atoms in total. The van der Waals surface area contributed by atoms with Crippen molar-refractivity contribution in [2.24, 2.45) is 7.05 Å². The van der Waals surface area contributed by atoms with Crippen LogP contribution in [0.5, 0.6) is 11.5 Å². The molecule has 1 aliphatic rings. The van der Waals surface area contributed by atoms with Crippen LogP contribution in [0, 0.1) is 0 Å². The van der Waals surface area contributed by atoms with Gasteiger partial charge in [-0.15, -0.1) is 5.10 Å². The lowest BCUT2D eigenvalue weighted by atomic mass is 9.82. The van der Waals surface area contributed by atoms with Crippen LogP contribution in [0.25, 0.3) is 27.7 Å². The first kappa shape index (κ1) is 21.8. The maximum absolute atomic E-state index is 12.4. The average molecular weight is 511 g/mol. The second kappa shape index (κ2) is 8.02. The summed E-state index contributed by atoms with van der Waals surface area (Å²) in [6.07, 6.45) is 3.34. The van der Waals surface area contributed by atoms with Gasteiger partial charge in [0.05, 0.1) is 23.7 Å². The van der Waals surface area contributed by atoms with Gasteiger partial charge in [0.2, 0.25) is 6.79 Å². The van der Waals surface area contributed by atoms with Gasteiger partial charge in [-0.2, -0.15) is 4.52 Å². The number of aromatic nitrogens is 6. The fourth-order valence-corrected chi connectivity index (χ4v) is 5.11. The number of fused-ring (bicyclic) bond motifs is 4. The number of hydrogen-bond acceptors (Lipinski definition) is 7. The molecule has 7 rings (SSSR count). The van der Waals surface area contributed by atoms with E-state index in [9.17, 15) is 5.11 Å². The van der Waals surface area contributed by atoms with Gasteiger partial charge in [0, 0.05) is 17.5 Å². The highest BCUT2D eigenvalue weighted by atomic mass is 35.5. The largest absolute Gasteiger partial charge is 0.454 e. The van der Waals surface area contributed by atoms with Gasteiger partial charge in [0.1, 0.15) is 0 Å². The summed E-state index contributed by atoms with van der Waals surface area (Å²) in [6, 6.07) is 20.7. The third-order valence-corrected chi connectivity index (χ3v) is 7.08. The average Bonchev–Trinajstić information content (AvgIpc) is 3.68. The molecule has 3 aromatic carbocycles. The number of halogens is 1. The van der Waals surface area contributed by atoms with Crippen molar-refractivity contribution in [3.05, 3.63) is 101 Å². The number of pyridine rings is 1. The number of nitrogens with zero attached hydrogens (tertiary/aromatic N) is 6. The minimum absolute atomic E-state index is 0.190. The summed E-state index contributed by atoms with van der Waals surface area (Å²) in [4.78, 5) is 4.27. The molecule has 4 heterocycles. The lowest BCUT2D eigenvalue weighted by Gasteiger charge is -2.30. The molecule has 0 saturated heterocycles. The molecule has 0 spiro atoms. The molecule has 1 N–H and O–H groups in total. The van der Waals surface area contributed by atoms with Crippen molar-refractivity contribution in [1.29, 1.82) is 0 Å². The van der Waals surface area contributed by atoms with E-state index in [4.69, 9.17) is 21.1 Å². The molecular formula is C27H19ClN6O3. The normalized spacial score (nSPS) is 14.4. The third-order valence-electron chi connectivity index (χ3n) is 6.83. The molecule has 0 radical (unpaired) electrons. The van der Waals surface area contributed by atoms with Crippen LogP contribution >= 0.6 is 11.6 Å². The fourth-order valence-electron chi connectivity index (χ4n) is 4.99. The van der Waals surface area contributed by atoms with E-state index in [1.54, 1.807) is 29.2 Å². The molecule has 0 bridgehead atoms. The van der Waals surface area contributed by atoms with Crippen LogP contribution in [0.3, 0.4) is 0 Å². The number of ether oxygens (including phenoxy) is 2. The Bertz CT molecular complexity index is 1810. The SMILES string of the molecule is Cn1cncc1C(O)(c1ccc(Cl)cc1)c1ccc2c(c1)c(-c1ccc3c(c1)OCO3)cc1nnnn12. The van der Waals surface area contributed by atoms with Crippen LogP contribution in [0.15, 0.2) is 79.3 Å². The van der Waals surface area contributed by atoms with E-state index >= 15 is 0 Å². The van der Waals surface area contributed by atoms with Crippen molar-refractivity contribution in [2.45, 2.75) is 5.60 Å². The monoisotopic (exact) mass is 510 g/mol. The molecule has 0 fully saturated rings. The summed E-state index contributed by atoms with van der Waals surface area (Å²) in [5.41, 5.74) is 3.62. The Balaban J connectivity index is 1.52. The number of aryl methyl sites for hydroxylation is 1. The van der Waals surface area contributed by atoms with E-state index in [2.05, 4.69) is 20.5 Å². The van der Waals surface area contributed by atoms with Crippen LogP contribution in [-0.4, -0.2) is 41.5 Å². The van der Waals surface area contributed by atoms with Gasteiger partial charge in [0.25, 0.3) is 0 Å². The summed E-state index contributed by atoms with van der Waals surface area (Å²) in [6.45, 7) is 0.190. The molecule has 0 aliphatic carbocycles. The van der Waals surface area contributed by atoms with Gasteiger partial charge < -0.3 is 19.1 Å². The topological polar surface area (TPSA) is 99.6 Å². The van der Waals surface area contributed by atoms with Crippen molar-refractivity contribution in [3.8, 4) is 22.6 Å². The van der Waals surface area contributed by atoms with Crippen LogP contribution in [0.2, 0.25) is 5.02 Å². The van der Waals surface area contributed by atoms with Gasteiger partial charge in [0.15, 0.2) is 22.7 Å². The van der Waals surface area contributed by atoms with E-state index in [0.717, 1.165) is 22.0 Å². The van der Waals surface area contributed by atoms with Gasteiger partial charge in [-0.05, 0) is 75.1 Å². The lowest BCUT2D eigenvalue weighted by Crippen LogP contribution is -2.31. The Hall–Kier alpha value is -4.47. The van der Waals surface area contributed by atoms with Crippen LogP contribution in [0.1, 0.15) is 16.8 Å².